The van der Waals surface area contributed by atoms with Crippen LogP contribution < -0.4 is 14.9 Å². The van der Waals surface area contributed by atoms with Gasteiger partial charge in [-0.05, 0) is 36.8 Å². The van der Waals surface area contributed by atoms with Gasteiger partial charge in [-0.2, -0.15) is 5.10 Å². The summed E-state index contributed by atoms with van der Waals surface area (Å²) in [6, 6.07) is 8.49. The molecule has 168 valence electrons. The lowest BCUT2D eigenvalue weighted by Gasteiger charge is -2.14. The summed E-state index contributed by atoms with van der Waals surface area (Å²) in [5, 5.41) is 14.0. The van der Waals surface area contributed by atoms with Crippen molar-refractivity contribution in [3.05, 3.63) is 61.5 Å². The highest BCUT2D eigenvalue weighted by molar-refractivity contribution is 8.01. The third-order valence-corrected chi connectivity index (χ3v) is 6.72. The molecule has 12 heteroatoms. The van der Waals surface area contributed by atoms with Gasteiger partial charge in [-0.15, -0.1) is 10.2 Å². The van der Waals surface area contributed by atoms with Gasteiger partial charge in [0.25, 0.3) is 5.91 Å². The Labute approximate surface area is 208 Å². The molecule has 0 aliphatic carbocycles. The van der Waals surface area contributed by atoms with Crippen LogP contribution in [0.1, 0.15) is 16.1 Å². The predicted octanol–water partition coefficient (Wildman–Crippen LogP) is 5.64. The molecule has 32 heavy (non-hydrogen) atoms. The summed E-state index contributed by atoms with van der Waals surface area (Å²) >= 11 is 21.2. The van der Waals surface area contributed by atoms with Crippen LogP contribution in [0.5, 0.6) is 11.5 Å². The van der Waals surface area contributed by atoms with Crippen LogP contribution in [-0.2, 0) is 11.4 Å². The van der Waals surface area contributed by atoms with Crippen LogP contribution in [-0.4, -0.2) is 35.2 Å². The van der Waals surface area contributed by atoms with Crippen molar-refractivity contribution in [2.45, 2.75) is 17.9 Å². The van der Waals surface area contributed by atoms with E-state index in [2.05, 4.69) is 20.7 Å². The number of hydrogen-bond donors (Lipinski definition) is 1. The Bertz CT molecular complexity index is 1140. The number of hydrogen-bond acceptors (Lipinski definition) is 8. The number of ether oxygens (including phenoxy) is 2. The second-order valence-corrected chi connectivity index (χ2v) is 9.88. The number of thioether (sulfide) groups is 1. The summed E-state index contributed by atoms with van der Waals surface area (Å²) in [7, 11) is 1.50. The monoisotopic (exact) mass is 530 g/mol. The quantitative estimate of drug-likeness (QED) is 0.219. The van der Waals surface area contributed by atoms with Crippen molar-refractivity contribution in [2.75, 3.05) is 12.9 Å². The first kappa shape index (κ1) is 24.6. The SMILES string of the molecule is COc1cc(/C=N/NC(=O)CSc2nnc(C)s2)cc(Cl)c1OCc1ccc(Cl)cc1Cl. The molecule has 0 radical (unpaired) electrons. The van der Waals surface area contributed by atoms with Gasteiger partial charge in [-0.3, -0.25) is 4.79 Å². The number of rotatable bonds is 9. The van der Waals surface area contributed by atoms with Gasteiger partial charge >= 0.3 is 0 Å². The second kappa shape index (κ2) is 11.7. The van der Waals surface area contributed by atoms with Crippen molar-refractivity contribution in [2.24, 2.45) is 5.10 Å². The molecule has 7 nitrogen and oxygen atoms in total. The lowest BCUT2D eigenvalue weighted by atomic mass is 10.2. The third-order valence-electron chi connectivity index (χ3n) is 3.88. The number of nitrogens with zero attached hydrogens (tertiary/aromatic N) is 3. The highest BCUT2D eigenvalue weighted by Gasteiger charge is 2.13. The summed E-state index contributed by atoms with van der Waals surface area (Å²) in [6.07, 6.45) is 1.46. The Balaban J connectivity index is 1.60. The normalized spacial score (nSPS) is 11.0. The molecule has 0 bridgehead atoms. The Morgan fingerprint density at radius 1 is 1.22 bits per heavy atom. The van der Waals surface area contributed by atoms with Crippen LogP contribution in [0.3, 0.4) is 0 Å². The van der Waals surface area contributed by atoms with Gasteiger partial charge in [0, 0.05) is 15.6 Å². The predicted molar refractivity (Wildman–Crippen MR) is 130 cm³/mol. The fourth-order valence-electron chi connectivity index (χ4n) is 2.42. The van der Waals surface area contributed by atoms with E-state index in [1.807, 2.05) is 6.92 Å². The summed E-state index contributed by atoms with van der Waals surface area (Å²) in [5.41, 5.74) is 3.84. The van der Waals surface area contributed by atoms with Gasteiger partial charge in [-0.25, -0.2) is 5.43 Å². The lowest BCUT2D eigenvalue weighted by Crippen LogP contribution is -2.19. The molecule has 3 aromatic rings. The van der Waals surface area contributed by atoms with Crippen LogP contribution in [0.4, 0.5) is 0 Å². The first-order valence-electron chi connectivity index (χ1n) is 9.04. The van der Waals surface area contributed by atoms with Crippen LogP contribution in [0.25, 0.3) is 0 Å². The Morgan fingerprint density at radius 2 is 2.03 bits per heavy atom. The minimum Gasteiger partial charge on any atom is -0.493 e. The molecule has 3 rings (SSSR count). The molecule has 0 unspecified atom stereocenters. The fraction of sp³-hybridized carbons (Fsp3) is 0.200. The van der Waals surface area contributed by atoms with Crippen LogP contribution >= 0.6 is 57.9 Å². The molecule has 1 aromatic heterocycles. The number of aryl methyl sites for hydroxylation is 1. The number of carbonyl (C=O) groups is 1. The summed E-state index contributed by atoms with van der Waals surface area (Å²) in [6.45, 7) is 2.04. The largest absolute Gasteiger partial charge is 0.493 e. The lowest BCUT2D eigenvalue weighted by molar-refractivity contribution is -0.118. The van der Waals surface area contributed by atoms with Crippen molar-refractivity contribution in [3.63, 3.8) is 0 Å². The zero-order chi connectivity index (χ0) is 23.1. The molecule has 1 amide bonds. The summed E-state index contributed by atoms with van der Waals surface area (Å²) < 4.78 is 12.0. The minimum absolute atomic E-state index is 0.177. The van der Waals surface area contributed by atoms with Crippen molar-refractivity contribution >= 4 is 70.0 Å². The second-order valence-electron chi connectivity index (χ2n) is 6.23. The molecule has 0 atom stereocenters. The number of benzene rings is 2. The molecule has 0 saturated heterocycles. The smallest absolute Gasteiger partial charge is 0.250 e. The molecule has 0 spiro atoms. The van der Waals surface area contributed by atoms with Gasteiger partial charge in [0.2, 0.25) is 0 Å². The van der Waals surface area contributed by atoms with Crippen LogP contribution in [0.15, 0.2) is 39.8 Å². The minimum atomic E-state index is -0.267. The molecule has 0 fully saturated rings. The molecule has 1 heterocycles. The van der Waals surface area contributed by atoms with Crippen molar-refractivity contribution in [3.8, 4) is 11.5 Å². The van der Waals surface area contributed by atoms with E-state index >= 15 is 0 Å². The summed E-state index contributed by atoms with van der Waals surface area (Å²) in [4.78, 5) is 11.9. The molecule has 2 aromatic carbocycles. The highest BCUT2D eigenvalue weighted by atomic mass is 35.5. The number of halogens is 3. The maximum Gasteiger partial charge on any atom is 0.250 e. The number of aromatic nitrogens is 2. The van der Waals surface area contributed by atoms with Gasteiger partial charge in [0.05, 0.1) is 24.1 Å². The molecule has 1 N–H and O–H groups in total. The van der Waals surface area contributed by atoms with E-state index in [4.69, 9.17) is 44.3 Å². The number of hydrazone groups is 1. The van der Waals surface area contributed by atoms with Crippen LogP contribution in [0, 0.1) is 6.92 Å². The topological polar surface area (TPSA) is 85.7 Å². The van der Waals surface area contributed by atoms with Gasteiger partial charge in [0.15, 0.2) is 15.8 Å². The van der Waals surface area contributed by atoms with E-state index in [0.717, 1.165) is 14.9 Å². The average Bonchev–Trinajstić information content (AvgIpc) is 3.17. The molecule has 0 aliphatic heterocycles. The molecule has 0 saturated carbocycles. The van der Waals surface area contributed by atoms with Crippen molar-refractivity contribution in [1.29, 1.82) is 0 Å². The first-order valence-corrected chi connectivity index (χ1v) is 12.0. The standard InChI is InChI=1S/C20H17Cl3N4O3S2/c1-11-25-27-20(32-11)31-10-18(28)26-24-8-12-5-16(23)19(17(6-12)29-2)30-9-13-3-4-14(21)7-15(13)22/h3-8H,9-10H2,1-2H3,(H,26,28)/b24-8+. The van der Waals surface area contributed by atoms with E-state index in [9.17, 15) is 4.79 Å². The molecule has 0 aliphatic rings. The van der Waals surface area contributed by atoms with Gasteiger partial charge < -0.3 is 9.47 Å². The average molecular weight is 532 g/mol. The van der Waals surface area contributed by atoms with E-state index in [0.29, 0.717) is 32.1 Å². The van der Waals surface area contributed by atoms with Crippen molar-refractivity contribution < 1.29 is 14.3 Å². The van der Waals surface area contributed by atoms with Crippen molar-refractivity contribution in [1.82, 2.24) is 15.6 Å². The molecular formula is C20H17Cl3N4O3S2. The van der Waals surface area contributed by atoms with Gasteiger partial charge in [-0.1, -0.05) is 64.0 Å². The Kier molecular flexibility index (Phi) is 9.01. The fourth-order valence-corrected chi connectivity index (χ4v) is 4.76. The van der Waals surface area contributed by atoms with Crippen LogP contribution in [0.2, 0.25) is 15.1 Å². The molecular weight excluding hydrogens is 515 g/mol. The maximum absolute atomic E-state index is 11.9. The van der Waals surface area contributed by atoms with Gasteiger partial charge in [0.1, 0.15) is 11.6 Å². The van der Waals surface area contributed by atoms with E-state index < -0.39 is 0 Å². The van der Waals surface area contributed by atoms with E-state index in [1.165, 1.54) is 36.4 Å². The zero-order valence-corrected chi connectivity index (χ0v) is 20.8. The van der Waals surface area contributed by atoms with E-state index in [-0.39, 0.29) is 18.3 Å². The number of carbonyl (C=O) groups excluding carboxylic acids is 1. The number of amides is 1. The number of methoxy groups -OCH3 is 1. The highest BCUT2D eigenvalue weighted by Crippen LogP contribution is 2.37. The Morgan fingerprint density at radius 3 is 2.72 bits per heavy atom. The number of nitrogens with one attached hydrogen (secondary N) is 1. The van der Waals surface area contributed by atoms with E-state index in [1.54, 1.807) is 30.3 Å². The zero-order valence-electron chi connectivity index (χ0n) is 16.9. The maximum atomic E-state index is 11.9. The third kappa shape index (κ3) is 6.98. The summed E-state index contributed by atoms with van der Waals surface area (Å²) in [5.74, 6) is 0.690. The Hall–Kier alpha value is -2.04. The first-order chi connectivity index (χ1) is 15.4.